The summed E-state index contributed by atoms with van der Waals surface area (Å²) in [5, 5.41) is 11.7. The van der Waals surface area contributed by atoms with Gasteiger partial charge in [-0.15, -0.1) is 0 Å². The third kappa shape index (κ3) is 10.8. The molecule has 10 heteroatoms. The van der Waals surface area contributed by atoms with Crippen molar-refractivity contribution in [1.82, 2.24) is 0 Å². The lowest BCUT2D eigenvalue weighted by Gasteiger charge is -2.37. The average molecular weight is 453 g/mol. The van der Waals surface area contributed by atoms with E-state index in [4.69, 9.17) is 25.2 Å². The maximum absolute atomic E-state index is 14.4. The summed E-state index contributed by atoms with van der Waals surface area (Å²) >= 11 is 0. The quantitative estimate of drug-likeness (QED) is 0.0763. The third-order valence-corrected chi connectivity index (χ3v) is 4.49. The number of carbonyl (C=O) groups excluding carboxylic acids is 2. The summed E-state index contributed by atoms with van der Waals surface area (Å²) in [4.78, 5) is 25.1. The topological polar surface area (TPSA) is 120 Å². The summed E-state index contributed by atoms with van der Waals surface area (Å²) in [6, 6.07) is 0. The number of nitrogens with zero attached hydrogens (tertiary/aromatic N) is 1. The number of halogens is 2. The van der Waals surface area contributed by atoms with Gasteiger partial charge in [0.05, 0.1) is 0 Å². The Morgan fingerprint density at radius 3 is 2.10 bits per heavy atom. The van der Waals surface area contributed by atoms with Crippen LogP contribution in [0.25, 0.3) is 0 Å². The largest absolute Gasteiger partial charge is 0.460 e. The molecule has 3 N–H and O–H groups in total. The second kappa shape index (κ2) is 12.8. The number of nitrogens with two attached hydrogens (primary N) is 1. The van der Waals surface area contributed by atoms with Crippen molar-refractivity contribution < 1.29 is 37.8 Å². The highest BCUT2D eigenvalue weighted by Crippen LogP contribution is 2.33. The van der Waals surface area contributed by atoms with Gasteiger partial charge in [-0.1, -0.05) is 37.8 Å². The zero-order chi connectivity index (χ0) is 24.3. The molecule has 8 nitrogen and oxygen atoms in total. The summed E-state index contributed by atoms with van der Waals surface area (Å²) in [6.45, 7) is 9.53. The van der Waals surface area contributed by atoms with E-state index < -0.39 is 48.0 Å². The molecule has 0 aromatic rings. The van der Waals surface area contributed by atoms with Gasteiger partial charge in [0.2, 0.25) is 5.79 Å². The van der Waals surface area contributed by atoms with Gasteiger partial charge in [-0.3, -0.25) is 4.79 Å². The molecular formula is C21H38F2N2O6. The molecule has 2 atom stereocenters. The molecule has 0 aliphatic rings. The summed E-state index contributed by atoms with van der Waals surface area (Å²) in [7, 11) is 0. The van der Waals surface area contributed by atoms with Crippen LogP contribution in [0.15, 0.2) is 5.16 Å². The number of oxime groups is 1. The van der Waals surface area contributed by atoms with Crippen molar-refractivity contribution in [3.8, 4) is 0 Å². The molecule has 0 saturated heterocycles. The zero-order valence-electron chi connectivity index (χ0n) is 19.5. The van der Waals surface area contributed by atoms with Gasteiger partial charge >= 0.3 is 17.9 Å². The van der Waals surface area contributed by atoms with E-state index in [2.05, 4.69) is 5.16 Å². The fraction of sp³-hybridized carbons (Fsp3) is 0.857. The summed E-state index contributed by atoms with van der Waals surface area (Å²) in [5.74, 6) is -10.4. The number of amidine groups is 1. The summed E-state index contributed by atoms with van der Waals surface area (Å²) in [6.07, 6.45) is 2.34. The van der Waals surface area contributed by atoms with E-state index >= 15 is 0 Å². The number of rotatable bonds is 14. The maximum Gasteiger partial charge on any atom is 0.379 e. The highest BCUT2D eigenvalue weighted by atomic mass is 19.3. The van der Waals surface area contributed by atoms with Crippen molar-refractivity contribution in [3.63, 3.8) is 0 Å². The minimum atomic E-state index is -3.75. The molecule has 0 aliphatic carbocycles. The van der Waals surface area contributed by atoms with Crippen molar-refractivity contribution in [1.29, 1.82) is 0 Å². The first-order chi connectivity index (χ1) is 14.2. The molecule has 0 radical (unpaired) electrons. The first kappa shape index (κ1) is 29.0. The van der Waals surface area contributed by atoms with E-state index in [1.165, 1.54) is 6.92 Å². The summed E-state index contributed by atoms with van der Waals surface area (Å²) < 4.78 is 44.7. The third-order valence-electron chi connectivity index (χ3n) is 4.49. The van der Waals surface area contributed by atoms with Crippen LogP contribution in [-0.2, 0) is 23.8 Å². The molecule has 0 aliphatic heterocycles. The predicted molar refractivity (Wildman–Crippen MR) is 112 cm³/mol. The van der Waals surface area contributed by atoms with Crippen molar-refractivity contribution in [2.24, 2.45) is 16.8 Å². The average Bonchev–Trinajstić information content (AvgIpc) is 2.64. The minimum absolute atomic E-state index is 0.0537. The van der Waals surface area contributed by atoms with Gasteiger partial charge in [0.15, 0.2) is 0 Å². The van der Waals surface area contributed by atoms with Crippen LogP contribution in [0.2, 0.25) is 0 Å². The highest BCUT2D eigenvalue weighted by Gasteiger charge is 2.50. The normalized spacial score (nSPS) is 15.8. The van der Waals surface area contributed by atoms with E-state index in [-0.39, 0.29) is 18.9 Å². The van der Waals surface area contributed by atoms with Gasteiger partial charge in [0.25, 0.3) is 0 Å². The van der Waals surface area contributed by atoms with Crippen LogP contribution in [0.4, 0.5) is 8.78 Å². The van der Waals surface area contributed by atoms with Gasteiger partial charge in [-0.25, -0.2) is 4.79 Å². The van der Waals surface area contributed by atoms with Gasteiger partial charge in [0.1, 0.15) is 17.4 Å². The number of alkyl halides is 2. The molecule has 0 bridgehead atoms. The predicted octanol–water partition coefficient (Wildman–Crippen LogP) is 4.37. The molecule has 0 heterocycles. The molecule has 0 aromatic carbocycles. The Morgan fingerprint density at radius 1 is 1.03 bits per heavy atom. The van der Waals surface area contributed by atoms with E-state index in [1.807, 2.05) is 6.92 Å². The lowest BCUT2D eigenvalue weighted by Crippen LogP contribution is -2.51. The van der Waals surface area contributed by atoms with Crippen LogP contribution in [0.3, 0.4) is 0 Å². The van der Waals surface area contributed by atoms with Crippen molar-refractivity contribution in [2.45, 2.75) is 104 Å². The minimum Gasteiger partial charge on any atom is -0.460 e. The Bertz CT molecular complexity index is 607. The van der Waals surface area contributed by atoms with E-state index in [9.17, 15) is 18.4 Å². The lowest BCUT2D eigenvalue weighted by atomic mass is 9.94. The Kier molecular flexibility index (Phi) is 12.0. The Labute approximate surface area is 183 Å². The number of hydrogen-bond donors (Lipinski definition) is 2. The smallest absolute Gasteiger partial charge is 0.379 e. The Morgan fingerprint density at radius 2 is 1.61 bits per heavy atom. The maximum atomic E-state index is 14.4. The van der Waals surface area contributed by atoms with Crippen LogP contribution >= 0.6 is 0 Å². The van der Waals surface area contributed by atoms with E-state index in [0.29, 0.717) is 6.42 Å². The highest BCUT2D eigenvalue weighted by molar-refractivity contribution is 5.86. The number of ether oxygens (including phenoxy) is 3. The SMILES string of the molecule is CCCCCCCC(F)(F)C(=O)OC(C)(OCC)C(CC(N)=NO)C(=O)OC(C)(C)C. The molecule has 182 valence electrons. The first-order valence-electron chi connectivity index (χ1n) is 10.7. The molecule has 0 amide bonds. The zero-order valence-corrected chi connectivity index (χ0v) is 19.5. The van der Waals surface area contributed by atoms with Crippen molar-refractivity contribution in [3.05, 3.63) is 0 Å². The Balaban J connectivity index is 5.62. The molecule has 0 fully saturated rings. The Hall–Kier alpha value is -1.97. The second-order valence-corrected chi connectivity index (χ2v) is 8.59. The van der Waals surface area contributed by atoms with Crippen molar-refractivity contribution in [2.75, 3.05) is 6.61 Å². The van der Waals surface area contributed by atoms with Crippen molar-refractivity contribution >= 4 is 17.8 Å². The molecule has 2 unspecified atom stereocenters. The fourth-order valence-electron chi connectivity index (χ4n) is 2.90. The summed E-state index contributed by atoms with van der Waals surface area (Å²) in [5.41, 5.74) is 4.62. The monoisotopic (exact) mass is 452 g/mol. The standard InChI is InChI=1S/C21H38F2N2O6/c1-7-9-10-11-12-13-21(22,23)18(27)31-20(6,29-8-2)15(14-16(24)25-28)17(26)30-19(3,4)5/h15,28H,7-14H2,1-6H3,(H2,24,25). The number of hydrogen-bond acceptors (Lipinski definition) is 7. The molecule has 0 saturated carbocycles. The molecule has 0 spiro atoms. The molecule has 0 aromatic heterocycles. The van der Waals surface area contributed by atoms with E-state index in [0.717, 1.165) is 19.3 Å². The van der Waals surface area contributed by atoms with Gasteiger partial charge in [-0.2, -0.15) is 8.78 Å². The fourth-order valence-corrected chi connectivity index (χ4v) is 2.90. The van der Waals surface area contributed by atoms with Gasteiger partial charge in [-0.05, 0) is 34.1 Å². The van der Waals surface area contributed by atoms with Crippen LogP contribution in [0.1, 0.15) is 86.5 Å². The van der Waals surface area contributed by atoms with E-state index in [1.54, 1.807) is 27.7 Å². The number of esters is 2. The van der Waals surface area contributed by atoms with Crippen LogP contribution in [0, 0.1) is 5.92 Å². The van der Waals surface area contributed by atoms with Crippen LogP contribution in [-0.4, -0.2) is 46.9 Å². The molecular weight excluding hydrogens is 414 g/mol. The molecule has 31 heavy (non-hydrogen) atoms. The number of unbranched alkanes of at least 4 members (excludes halogenated alkanes) is 4. The van der Waals surface area contributed by atoms with Crippen LogP contribution in [0.5, 0.6) is 0 Å². The van der Waals surface area contributed by atoms with Gasteiger partial charge < -0.3 is 25.2 Å². The molecule has 0 rings (SSSR count). The first-order valence-corrected chi connectivity index (χ1v) is 10.7. The van der Waals surface area contributed by atoms with Crippen LogP contribution < -0.4 is 5.73 Å². The number of carbonyl (C=O) groups is 2. The van der Waals surface area contributed by atoms with Gasteiger partial charge in [0, 0.05) is 26.4 Å². The second-order valence-electron chi connectivity index (χ2n) is 8.59. The lowest BCUT2D eigenvalue weighted by molar-refractivity contribution is -0.261.